The summed E-state index contributed by atoms with van der Waals surface area (Å²) >= 11 is 0. The van der Waals surface area contributed by atoms with Crippen LogP contribution in [0.2, 0.25) is 0 Å². The van der Waals surface area contributed by atoms with Crippen LogP contribution in [0, 0.1) is 0 Å². The Morgan fingerprint density at radius 2 is 1.26 bits per heavy atom. The van der Waals surface area contributed by atoms with Crippen LogP contribution in [0.25, 0.3) is 0 Å². The van der Waals surface area contributed by atoms with Gasteiger partial charge >= 0.3 is 0 Å². The number of ether oxygens (including phenoxy) is 2. The third-order valence-corrected chi connectivity index (χ3v) is 2.38. The van der Waals surface area contributed by atoms with Crippen LogP contribution in [0.1, 0.15) is 0 Å². The molecule has 0 fully saturated rings. The lowest BCUT2D eigenvalue weighted by Gasteiger charge is -2.21. The van der Waals surface area contributed by atoms with Crippen molar-refractivity contribution in [3.05, 3.63) is 0 Å². The molecule has 0 aromatic carbocycles. The number of nitrogens with zero attached hydrogens (tertiary/aromatic N) is 2. The first kappa shape index (κ1) is 18.7. The van der Waals surface area contributed by atoms with Crippen molar-refractivity contribution in [3.63, 3.8) is 0 Å². The third kappa shape index (κ3) is 11.2. The van der Waals surface area contributed by atoms with Crippen molar-refractivity contribution in [1.29, 1.82) is 0 Å². The molecule has 0 aromatic heterocycles. The van der Waals surface area contributed by atoms with Gasteiger partial charge in [-0.05, 0) is 14.1 Å². The van der Waals surface area contributed by atoms with Crippen LogP contribution in [0.15, 0.2) is 0 Å². The van der Waals surface area contributed by atoms with Gasteiger partial charge in [0.2, 0.25) is 0 Å². The molecule has 6 N–H and O–H groups in total. The van der Waals surface area contributed by atoms with E-state index in [4.69, 9.17) is 20.9 Å². The Labute approximate surface area is 114 Å². The van der Waals surface area contributed by atoms with Crippen molar-refractivity contribution < 1.29 is 19.7 Å². The minimum atomic E-state index is -0.543. The zero-order valence-corrected chi connectivity index (χ0v) is 11.9. The smallest absolute Gasteiger partial charge is 0.150 e. The van der Waals surface area contributed by atoms with E-state index in [1.165, 1.54) is 0 Å². The van der Waals surface area contributed by atoms with Crippen molar-refractivity contribution in [1.82, 2.24) is 9.80 Å². The van der Waals surface area contributed by atoms with Gasteiger partial charge in [-0.2, -0.15) is 0 Å². The van der Waals surface area contributed by atoms with E-state index >= 15 is 0 Å². The quantitative estimate of drug-likeness (QED) is 0.227. The maximum Gasteiger partial charge on any atom is 0.150 e. The molecule has 0 rings (SSSR count). The molecule has 8 heteroatoms. The van der Waals surface area contributed by atoms with Crippen molar-refractivity contribution >= 4 is 0 Å². The van der Waals surface area contributed by atoms with Gasteiger partial charge in [0.05, 0.1) is 12.2 Å². The maximum atomic E-state index is 9.32. The van der Waals surface area contributed by atoms with Gasteiger partial charge in [-0.3, -0.25) is 9.80 Å². The molecule has 0 aromatic rings. The highest BCUT2D eigenvalue weighted by Gasteiger charge is 2.07. The summed E-state index contributed by atoms with van der Waals surface area (Å²) in [4.78, 5) is 3.62. The lowest BCUT2D eigenvalue weighted by Crippen LogP contribution is -2.36. The van der Waals surface area contributed by atoms with E-state index in [1.807, 2.05) is 23.9 Å². The molecule has 0 aliphatic heterocycles. The maximum absolute atomic E-state index is 9.32. The van der Waals surface area contributed by atoms with Crippen LogP contribution < -0.4 is 11.5 Å². The molecule has 0 saturated heterocycles. The molecule has 0 bridgehead atoms. The first-order valence-electron chi connectivity index (χ1n) is 6.28. The molecule has 0 amide bonds. The molecule has 0 aliphatic carbocycles. The second-order valence-electron chi connectivity index (χ2n) is 4.64. The van der Waals surface area contributed by atoms with E-state index in [2.05, 4.69) is 0 Å². The van der Waals surface area contributed by atoms with Gasteiger partial charge in [0.25, 0.3) is 0 Å². The number of rotatable bonds is 12. The van der Waals surface area contributed by atoms with Gasteiger partial charge in [0.1, 0.15) is 20.3 Å². The summed E-state index contributed by atoms with van der Waals surface area (Å²) in [6, 6.07) is 0. The van der Waals surface area contributed by atoms with E-state index in [0.29, 0.717) is 26.6 Å². The second-order valence-corrected chi connectivity index (χ2v) is 4.64. The average molecular weight is 280 g/mol. The fraction of sp³-hybridized carbons (Fsp3) is 1.00. The van der Waals surface area contributed by atoms with E-state index < -0.39 is 12.2 Å². The molecule has 2 unspecified atom stereocenters. The number of hydrogen-bond donors (Lipinski definition) is 4. The molecule has 0 aliphatic rings. The van der Waals surface area contributed by atoms with Gasteiger partial charge in [-0.1, -0.05) is 0 Å². The fourth-order valence-corrected chi connectivity index (χ4v) is 1.42. The Morgan fingerprint density at radius 1 is 0.895 bits per heavy atom. The predicted molar refractivity (Wildman–Crippen MR) is 72.2 cm³/mol. The van der Waals surface area contributed by atoms with Crippen LogP contribution in [0.3, 0.4) is 0 Å². The number of aliphatic hydroxyl groups is 2. The lowest BCUT2D eigenvalue weighted by molar-refractivity contribution is -0.114. The third-order valence-electron chi connectivity index (χ3n) is 2.38. The molecule has 8 nitrogen and oxygen atoms in total. The minimum absolute atomic E-state index is 0.145. The molecule has 0 radical (unpaired) electrons. The van der Waals surface area contributed by atoms with Crippen LogP contribution >= 0.6 is 0 Å². The zero-order valence-electron chi connectivity index (χ0n) is 11.9. The summed E-state index contributed by atoms with van der Waals surface area (Å²) in [5, 5.41) is 18.6. The highest BCUT2D eigenvalue weighted by molar-refractivity contribution is 4.59. The van der Waals surface area contributed by atoms with Gasteiger partial charge in [0.15, 0.2) is 0 Å². The van der Waals surface area contributed by atoms with E-state index in [9.17, 15) is 10.2 Å². The van der Waals surface area contributed by atoms with E-state index in [0.717, 1.165) is 0 Å². The van der Waals surface area contributed by atoms with Crippen LogP contribution in [-0.2, 0) is 9.47 Å². The van der Waals surface area contributed by atoms with Crippen LogP contribution in [0.5, 0.6) is 0 Å². The van der Waals surface area contributed by atoms with Gasteiger partial charge in [-0.15, -0.1) is 0 Å². The Kier molecular flexibility index (Phi) is 11.3. The highest BCUT2D eigenvalue weighted by atomic mass is 16.7. The first-order chi connectivity index (χ1) is 8.99. The molecule has 19 heavy (non-hydrogen) atoms. The molecule has 0 spiro atoms. The normalized spacial score (nSPS) is 15.2. The lowest BCUT2D eigenvalue weighted by atomic mass is 10.3. The second kappa shape index (κ2) is 11.5. The van der Waals surface area contributed by atoms with Gasteiger partial charge in [-0.25, -0.2) is 0 Å². The zero-order chi connectivity index (χ0) is 14.7. The van der Waals surface area contributed by atoms with Crippen molar-refractivity contribution in [2.75, 3.05) is 60.5 Å². The highest BCUT2D eigenvalue weighted by Crippen LogP contribution is 1.91. The SMILES string of the molecule is CN(COCOCN(C)CC(O)CN)CC(O)CN. The minimum Gasteiger partial charge on any atom is -0.390 e. The Hall–Kier alpha value is -0.320. The molecular weight excluding hydrogens is 252 g/mol. The summed E-state index contributed by atoms with van der Waals surface area (Å²) in [5.74, 6) is 0. The van der Waals surface area contributed by atoms with Crippen LogP contribution in [0.4, 0.5) is 0 Å². The molecule has 116 valence electrons. The van der Waals surface area contributed by atoms with E-state index in [-0.39, 0.29) is 19.9 Å². The Morgan fingerprint density at radius 3 is 1.58 bits per heavy atom. The molecule has 2 atom stereocenters. The van der Waals surface area contributed by atoms with Crippen LogP contribution in [-0.4, -0.2) is 92.7 Å². The average Bonchev–Trinajstić information content (AvgIpc) is 2.37. The summed E-state index contributed by atoms with van der Waals surface area (Å²) in [7, 11) is 3.64. The standard InChI is InChI=1S/C11H28N4O4/c1-14(5-10(16)3-12)7-18-9-19-8-15(2)6-11(17)4-13/h10-11,16-17H,3-9,12-13H2,1-2H3. The monoisotopic (exact) mass is 280 g/mol. The summed E-state index contributed by atoms with van der Waals surface area (Å²) < 4.78 is 10.5. The summed E-state index contributed by atoms with van der Waals surface area (Å²) in [5.41, 5.74) is 10.6. The van der Waals surface area contributed by atoms with Crippen molar-refractivity contribution in [2.24, 2.45) is 11.5 Å². The fourth-order valence-electron chi connectivity index (χ4n) is 1.42. The number of likely N-dealkylation sites (N-methyl/N-ethyl adjacent to an activating group) is 2. The number of aliphatic hydroxyl groups excluding tert-OH is 2. The predicted octanol–water partition coefficient (Wildman–Crippen LogP) is -2.61. The van der Waals surface area contributed by atoms with E-state index in [1.54, 1.807) is 0 Å². The largest absolute Gasteiger partial charge is 0.390 e. The Balaban J connectivity index is 3.44. The molecule has 0 saturated carbocycles. The van der Waals surface area contributed by atoms with Gasteiger partial charge < -0.3 is 31.2 Å². The molecule has 0 heterocycles. The topological polar surface area (TPSA) is 117 Å². The first-order valence-corrected chi connectivity index (χ1v) is 6.28. The Bertz CT molecular complexity index is 191. The summed E-state index contributed by atoms with van der Waals surface area (Å²) in [6.45, 7) is 2.23. The number of nitrogens with two attached hydrogens (primary N) is 2. The van der Waals surface area contributed by atoms with Gasteiger partial charge in [0, 0.05) is 26.2 Å². The van der Waals surface area contributed by atoms with Crippen molar-refractivity contribution in [2.45, 2.75) is 12.2 Å². The van der Waals surface area contributed by atoms with Crippen molar-refractivity contribution in [3.8, 4) is 0 Å². The number of hydrogen-bond acceptors (Lipinski definition) is 8. The summed E-state index contributed by atoms with van der Waals surface area (Å²) in [6.07, 6.45) is -1.09. The molecular formula is C11H28N4O4.